The molecule has 4 rings (SSSR count). The van der Waals surface area contributed by atoms with Crippen LogP contribution in [0.25, 0.3) is 11.6 Å². The van der Waals surface area contributed by atoms with E-state index in [-0.39, 0.29) is 5.56 Å². The molecule has 1 aliphatic rings. The zero-order valence-electron chi connectivity index (χ0n) is 14.9. The molecule has 140 valence electrons. The summed E-state index contributed by atoms with van der Waals surface area (Å²) in [5, 5.41) is 0.649. The van der Waals surface area contributed by atoms with Gasteiger partial charge in [0.1, 0.15) is 0 Å². The number of rotatable bonds is 1. The van der Waals surface area contributed by atoms with Gasteiger partial charge in [0.15, 0.2) is 0 Å². The first-order valence-corrected chi connectivity index (χ1v) is 9.31. The summed E-state index contributed by atoms with van der Waals surface area (Å²) in [5.41, 5.74) is 7.56. The van der Waals surface area contributed by atoms with Crippen molar-refractivity contribution in [2.24, 2.45) is 0 Å². The molecule has 4 heteroatoms. The number of halogens is 4. The zero-order chi connectivity index (χ0) is 19.7. The number of aryl methyl sites for hydroxylation is 2. The third-order valence-corrected chi connectivity index (χ3v) is 5.16. The van der Waals surface area contributed by atoms with Gasteiger partial charge in [0.25, 0.3) is 0 Å². The van der Waals surface area contributed by atoms with Crippen LogP contribution >= 0.6 is 11.6 Å². The summed E-state index contributed by atoms with van der Waals surface area (Å²) in [5.74, 6) is 0. The second kappa shape index (κ2) is 7.35. The van der Waals surface area contributed by atoms with Crippen LogP contribution in [0.4, 0.5) is 13.2 Å². The average molecular weight is 397 g/mol. The summed E-state index contributed by atoms with van der Waals surface area (Å²) < 4.78 is 40.0. The fraction of sp³-hybridized carbons (Fsp3) is 0.125. The molecule has 0 spiro atoms. The highest BCUT2D eigenvalue weighted by atomic mass is 35.5. The highest BCUT2D eigenvalue weighted by molar-refractivity contribution is 6.30. The second-order valence-electron chi connectivity index (χ2n) is 6.71. The van der Waals surface area contributed by atoms with Crippen molar-refractivity contribution in [2.45, 2.75) is 19.0 Å². The number of alkyl halides is 3. The summed E-state index contributed by atoms with van der Waals surface area (Å²) in [6.45, 7) is 0. The van der Waals surface area contributed by atoms with Gasteiger partial charge in [-0.2, -0.15) is 13.2 Å². The molecule has 0 nitrogen and oxygen atoms in total. The van der Waals surface area contributed by atoms with Crippen LogP contribution < -0.4 is 0 Å². The van der Waals surface area contributed by atoms with E-state index < -0.39 is 11.7 Å². The molecule has 0 aromatic heterocycles. The quantitative estimate of drug-likeness (QED) is 0.381. The summed E-state index contributed by atoms with van der Waals surface area (Å²) in [4.78, 5) is 0. The van der Waals surface area contributed by atoms with Gasteiger partial charge in [-0.05, 0) is 64.9 Å². The Labute approximate surface area is 166 Å². The van der Waals surface area contributed by atoms with Gasteiger partial charge in [-0.15, -0.1) is 5.73 Å². The molecule has 3 aromatic rings. The lowest BCUT2D eigenvalue weighted by Crippen LogP contribution is -2.06. The fourth-order valence-corrected chi connectivity index (χ4v) is 3.79. The Bertz CT molecular complexity index is 1100. The molecule has 28 heavy (non-hydrogen) atoms. The highest BCUT2D eigenvalue weighted by Gasteiger charge is 2.32. The van der Waals surface area contributed by atoms with Crippen molar-refractivity contribution in [1.82, 2.24) is 0 Å². The minimum Gasteiger partial charge on any atom is -0.166 e. The Hall–Kier alpha value is -2.74. The van der Waals surface area contributed by atoms with Gasteiger partial charge in [-0.1, -0.05) is 60.1 Å². The molecule has 0 saturated heterocycles. The van der Waals surface area contributed by atoms with Crippen molar-refractivity contribution >= 4 is 23.3 Å². The van der Waals surface area contributed by atoms with E-state index in [0.29, 0.717) is 5.02 Å². The van der Waals surface area contributed by atoms with Crippen LogP contribution in [0.1, 0.15) is 33.4 Å². The van der Waals surface area contributed by atoms with E-state index in [1.54, 1.807) is 12.1 Å². The lowest BCUT2D eigenvalue weighted by molar-refractivity contribution is -0.137. The van der Waals surface area contributed by atoms with E-state index in [1.807, 2.05) is 36.4 Å². The molecule has 0 bridgehead atoms. The molecule has 0 unspecified atom stereocenters. The zero-order valence-corrected chi connectivity index (χ0v) is 15.6. The molecule has 0 aliphatic heterocycles. The summed E-state index contributed by atoms with van der Waals surface area (Å²) >= 11 is 6.17. The third-order valence-electron chi connectivity index (χ3n) is 4.93. The van der Waals surface area contributed by atoms with Crippen molar-refractivity contribution in [3.63, 3.8) is 0 Å². The Kier molecular flexibility index (Phi) is 4.89. The van der Waals surface area contributed by atoms with E-state index in [0.717, 1.165) is 46.7 Å². The first-order valence-electron chi connectivity index (χ1n) is 8.93. The van der Waals surface area contributed by atoms with Gasteiger partial charge < -0.3 is 0 Å². The van der Waals surface area contributed by atoms with Gasteiger partial charge in [0, 0.05) is 10.6 Å². The minimum absolute atomic E-state index is 0.0970. The second-order valence-corrected chi connectivity index (χ2v) is 7.14. The number of hydrogen-bond acceptors (Lipinski definition) is 0. The Morgan fingerprint density at radius 2 is 1.50 bits per heavy atom. The molecular weight excluding hydrogens is 381 g/mol. The third kappa shape index (κ3) is 3.64. The van der Waals surface area contributed by atoms with Crippen molar-refractivity contribution in [3.05, 3.63) is 111 Å². The van der Waals surface area contributed by atoms with E-state index >= 15 is 0 Å². The van der Waals surface area contributed by atoms with Crippen LogP contribution in [-0.4, -0.2) is 0 Å². The molecule has 0 atom stereocenters. The van der Waals surface area contributed by atoms with E-state index in [9.17, 15) is 13.2 Å². The molecule has 0 heterocycles. The van der Waals surface area contributed by atoms with Crippen LogP contribution in [0.15, 0.2) is 72.5 Å². The molecule has 0 fully saturated rings. The van der Waals surface area contributed by atoms with Crippen LogP contribution in [0.5, 0.6) is 0 Å². The molecule has 0 radical (unpaired) electrons. The molecular formula is C24H16ClF3. The fourth-order valence-electron chi connectivity index (χ4n) is 3.60. The SMILES string of the molecule is FC(F)(F)c1ccccc1C=C=C1c2ccccc2CCc2cc(Cl)ccc21. The molecule has 1 aliphatic carbocycles. The summed E-state index contributed by atoms with van der Waals surface area (Å²) in [7, 11) is 0. The van der Waals surface area contributed by atoms with Crippen LogP contribution in [0.3, 0.4) is 0 Å². The molecule has 0 amide bonds. The maximum absolute atomic E-state index is 13.3. The van der Waals surface area contributed by atoms with Crippen molar-refractivity contribution < 1.29 is 13.2 Å². The van der Waals surface area contributed by atoms with Crippen LogP contribution in [0.2, 0.25) is 5.02 Å². The first-order chi connectivity index (χ1) is 13.4. The monoisotopic (exact) mass is 396 g/mol. The maximum atomic E-state index is 13.3. The standard InChI is InChI=1S/C24H16ClF3/c25-19-12-14-21-18(15-19)10-9-16-5-1-3-7-20(16)22(21)13-11-17-6-2-4-8-23(17)24(26,27)28/h1-8,11-12,14-15H,9-10H2. The van der Waals surface area contributed by atoms with Gasteiger partial charge in [0.2, 0.25) is 0 Å². The Morgan fingerprint density at radius 3 is 2.32 bits per heavy atom. The highest BCUT2D eigenvalue weighted by Crippen LogP contribution is 2.35. The predicted octanol–water partition coefficient (Wildman–Crippen LogP) is 7.20. The topological polar surface area (TPSA) is 0 Å². The normalized spacial score (nSPS) is 13.2. The van der Waals surface area contributed by atoms with Crippen molar-refractivity contribution in [1.29, 1.82) is 0 Å². The van der Waals surface area contributed by atoms with E-state index in [2.05, 4.69) is 5.73 Å². The van der Waals surface area contributed by atoms with Crippen LogP contribution in [-0.2, 0) is 19.0 Å². The minimum atomic E-state index is -4.41. The number of benzene rings is 3. The summed E-state index contributed by atoms with van der Waals surface area (Å²) in [6.07, 6.45) is -1.32. The van der Waals surface area contributed by atoms with Gasteiger partial charge in [0.05, 0.1) is 5.56 Å². The van der Waals surface area contributed by atoms with Gasteiger partial charge >= 0.3 is 6.18 Å². The Balaban J connectivity index is 1.96. The molecule has 0 N–H and O–H groups in total. The van der Waals surface area contributed by atoms with Gasteiger partial charge in [-0.25, -0.2) is 0 Å². The first kappa shape index (κ1) is 18.6. The predicted molar refractivity (Wildman–Crippen MR) is 107 cm³/mol. The average Bonchev–Trinajstić information content (AvgIpc) is 2.82. The smallest absolute Gasteiger partial charge is 0.166 e. The lowest BCUT2D eigenvalue weighted by atomic mass is 9.94. The molecule has 0 saturated carbocycles. The lowest BCUT2D eigenvalue weighted by Gasteiger charge is -2.11. The van der Waals surface area contributed by atoms with Crippen molar-refractivity contribution in [3.8, 4) is 0 Å². The van der Waals surface area contributed by atoms with Crippen LogP contribution in [0, 0.1) is 0 Å². The van der Waals surface area contributed by atoms with Gasteiger partial charge in [-0.3, -0.25) is 0 Å². The van der Waals surface area contributed by atoms with Crippen molar-refractivity contribution in [2.75, 3.05) is 0 Å². The van der Waals surface area contributed by atoms with E-state index in [4.69, 9.17) is 11.6 Å². The number of hydrogen-bond donors (Lipinski definition) is 0. The number of fused-ring (bicyclic) bond motifs is 2. The largest absolute Gasteiger partial charge is 0.417 e. The molecule has 3 aromatic carbocycles. The summed E-state index contributed by atoms with van der Waals surface area (Å²) in [6, 6.07) is 19.1. The Morgan fingerprint density at radius 1 is 0.821 bits per heavy atom. The van der Waals surface area contributed by atoms with E-state index in [1.165, 1.54) is 18.2 Å². The maximum Gasteiger partial charge on any atom is 0.417 e.